The first kappa shape index (κ1) is 31.2. The van der Waals surface area contributed by atoms with E-state index in [1.807, 2.05) is 0 Å². The number of carbonyl (C=O) groups is 3. The molecule has 7 nitrogen and oxygen atoms in total. The Labute approximate surface area is 234 Å². The van der Waals surface area contributed by atoms with Crippen LogP contribution >= 0.6 is 15.9 Å². The number of unbranched alkanes of at least 4 members (excludes halogenated alkanes) is 10. The van der Waals surface area contributed by atoms with Crippen LogP contribution in [0.1, 0.15) is 99.9 Å². The van der Waals surface area contributed by atoms with E-state index < -0.39 is 11.9 Å². The highest BCUT2D eigenvalue weighted by atomic mass is 79.9. The van der Waals surface area contributed by atoms with Gasteiger partial charge < -0.3 is 10.1 Å². The molecule has 38 heavy (non-hydrogen) atoms. The van der Waals surface area contributed by atoms with Gasteiger partial charge in [-0.25, -0.2) is 10.2 Å². The van der Waals surface area contributed by atoms with Crippen molar-refractivity contribution in [1.29, 1.82) is 0 Å². The molecule has 0 aliphatic rings. The molecular formula is C30H40BrN3O4. The number of nitrogens with zero attached hydrogens (tertiary/aromatic N) is 1. The topological polar surface area (TPSA) is 96.9 Å². The fourth-order valence-electron chi connectivity index (χ4n) is 3.81. The number of ether oxygens (including phenoxy) is 1. The summed E-state index contributed by atoms with van der Waals surface area (Å²) in [5.74, 6) is -0.557. The number of hydrogen-bond acceptors (Lipinski definition) is 5. The summed E-state index contributed by atoms with van der Waals surface area (Å²) in [6, 6.07) is 13.6. The van der Waals surface area contributed by atoms with Gasteiger partial charge in [-0.3, -0.25) is 9.59 Å². The van der Waals surface area contributed by atoms with Crippen LogP contribution in [-0.2, 0) is 9.59 Å². The zero-order valence-corrected chi connectivity index (χ0v) is 23.9. The molecule has 0 saturated heterocycles. The van der Waals surface area contributed by atoms with Gasteiger partial charge in [0, 0.05) is 10.9 Å². The maximum Gasteiger partial charge on any atom is 0.343 e. The van der Waals surface area contributed by atoms with Crippen molar-refractivity contribution in [3.05, 3.63) is 64.1 Å². The molecule has 0 radical (unpaired) electrons. The second kappa shape index (κ2) is 19.1. The summed E-state index contributed by atoms with van der Waals surface area (Å²) in [5, 5.41) is 6.54. The summed E-state index contributed by atoms with van der Waals surface area (Å²) in [4.78, 5) is 36.1. The Bertz CT molecular complexity index is 1010. The molecule has 0 atom stereocenters. The minimum absolute atomic E-state index is 0.112. The second-order valence-electron chi connectivity index (χ2n) is 9.32. The van der Waals surface area contributed by atoms with Crippen molar-refractivity contribution in [1.82, 2.24) is 10.7 Å². The van der Waals surface area contributed by atoms with Crippen LogP contribution < -0.4 is 15.5 Å². The molecule has 206 valence electrons. The molecule has 2 amide bonds. The van der Waals surface area contributed by atoms with Crippen LogP contribution in [0.15, 0.2) is 58.1 Å². The predicted octanol–water partition coefficient (Wildman–Crippen LogP) is 6.94. The molecule has 0 unspecified atom stereocenters. The molecule has 2 aromatic rings. The molecule has 0 aliphatic heterocycles. The van der Waals surface area contributed by atoms with Crippen LogP contribution in [0, 0.1) is 0 Å². The van der Waals surface area contributed by atoms with Crippen molar-refractivity contribution in [3.8, 4) is 5.75 Å². The highest BCUT2D eigenvalue weighted by Crippen LogP contribution is 2.16. The highest BCUT2D eigenvalue weighted by Gasteiger charge is 2.08. The molecule has 0 saturated carbocycles. The van der Waals surface area contributed by atoms with Crippen molar-refractivity contribution in [2.75, 3.05) is 6.54 Å². The third-order valence-electron chi connectivity index (χ3n) is 6.03. The zero-order valence-electron chi connectivity index (χ0n) is 22.3. The minimum atomic E-state index is -0.447. The molecule has 2 aromatic carbocycles. The largest absolute Gasteiger partial charge is 0.423 e. The van der Waals surface area contributed by atoms with Gasteiger partial charge >= 0.3 is 5.97 Å². The molecule has 0 aromatic heterocycles. The molecule has 8 heteroatoms. The third kappa shape index (κ3) is 14.1. The molecule has 0 bridgehead atoms. The molecule has 0 aliphatic carbocycles. The fraction of sp³-hybridized carbons (Fsp3) is 0.467. The number of halogens is 1. The van der Waals surface area contributed by atoms with Crippen LogP contribution in [0.4, 0.5) is 0 Å². The van der Waals surface area contributed by atoms with E-state index in [0.29, 0.717) is 23.3 Å². The number of carbonyl (C=O) groups excluding carboxylic acids is 3. The summed E-state index contributed by atoms with van der Waals surface area (Å²) in [6.45, 7) is 2.13. The SMILES string of the molecule is CCCCCCCCCCCCCC(=O)NCC(=O)N/N=C\c1ccc(OC(=O)c2ccc(Br)cc2)cc1. The van der Waals surface area contributed by atoms with E-state index >= 15 is 0 Å². The monoisotopic (exact) mass is 585 g/mol. The molecule has 0 fully saturated rings. The van der Waals surface area contributed by atoms with E-state index in [2.05, 4.69) is 38.7 Å². The number of amides is 2. The van der Waals surface area contributed by atoms with E-state index in [4.69, 9.17) is 4.74 Å². The number of nitrogens with one attached hydrogen (secondary N) is 2. The standard InChI is InChI=1S/C30H40BrN3O4/c1-2-3-4-5-6-7-8-9-10-11-12-13-28(35)32-23-29(36)34-33-22-24-14-20-27(21-15-24)38-30(37)25-16-18-26(31)19-17-25/h14-22H,2-13,23H2,1H3,(H,32,35)(H,34,36)/b33-22-. The zero-order chi connectivity index (χ0) is 27.4. The van der Waals surface area contributed by atoms with E-state index in [9.17, 15) is 14.4 Å². The molecule has 2 N–H and O–H groups in total. The number of esters is 1. The lowest BCUT2D eigenvalue weighted by Crippen LogP contribution is -2.34. The van der Waals surface area contributed by atoms with Gasteiger partial charge in [0.1, 0.15) is 5.75 Å². The smallest absolute Gasteiger partial charge is 0.343 e. The average Bonchev–Trinajstić information content (AvgIpc) is 2.92. The first-order valence-corrected chi connectivity index (χ1v) is 14.4. The van der Waals surface area contributed by atoms with Crippen molar-refractivity contribution < 1.29 is 19.1 Å². The van der Waals surface area contributed by atoms with Crippen LogP contribution in [-0.4, -0.2) is 30.5 Å². The van der Waals surface area contributed by atoms with Crippen LogP contribution in [0.25, 0.3) is 0 Å². The quantitative estimate of drug-likeness (QED) is 0.0651. The maximum atomic E-state index is 12.2. The van der Waals surface area contributed by atoms with E-state index in [0.717, 1.165) is 23.7 Å². The van der Waals surface area contributed by atoms with Gasteiger partial charge in [0.25, 0.3) is 5.91 Å². The Morgan fingerprint density at radius 3 is 1.97 bits per heavy atom. The molecular weight excluding hydrogens is 546 g/mol. The van der Waals surface area contributed by atoms with Crippen LogP contribution in [0.2, 0.25) is 0 Å². The van der Waals surface area contributed by atoms with Gasteiger partial charge in [-0.1, -0.05) is 87.1 Å². The first-order chi connectivity index (χ1) is 18.5. The van der Waals surface area contributed by atoms with E-state index in [1.54, 1.807) is 48.5 Å². The summed E-state index contributed by atoms with van der Waals surface area (Å²) in [7, 11) is 0. The molecule has 2 rings (SSSR count). The fourth-order valence-corrected chi connectivity index (χ4v) is 4.07. The predicted molar refractivity (Wildman–Crippen MR) is 155 cm³/mol. The molecule has 0 spiro atoms. The van der Waals surface area contributed by atoms with Crippen molar-refractivity contribution >= 4 is 39.9 Å². The highest BCUT2D eigenvalue weighted by molar-refractivity contribution is 9.10. The third-order valence-corrected chi connectivity index (χ3v) is 6.56. The van der Waals surface area contributed by atoms with E-state index in [-0.39, 0.29) is 12.5 Å². The summed E-state index contributed by atoms with van der Waals surface area (Å²) in [6.07, 6.45) is 15.5. The Hall–Kier alpha value is -3.00. The van der Waals surface area contributed by atoms with Crippen molar-refractivity contribution in [2.45, 2.75) is 84.0 Å². The van der Waals surface area contributed by atoms with Crippen LogP contribution in [0.5, 0.6) is 5.75 Å². The van der Waals surface area contributed by atoms with Crippen molar-refractivity contribution in [3.63, 3.8) is 0 Å². The van der Waals surface area contributed by atoms with Crippen molar-refractivity contribution in [2.24, 2.45) is 5.10 Å². The Kier molecular flexibility index (Phi) is 15.7. The number of rotatable bonds is 18. The van der Waals surface area contributed by atoms with Gasteiger partial charge in [-0.05, 0) is 60.5 Å². The summed E-state index contributed by atoms with van der Waals surface area (Å²) >= 11 is 3.33. The van der Waals surface area contributed by atoms with Gasteiger partial charge in [-0.2, -0.15) is 5.10 Å². The lowest BCUT2D eigenvalue weighted by atomic mass is 10.1. The summed E-state index contributed by atoms with van der Waals surface area (Å²) in [5.41, 5.74) is 3.57. The summed E-state index contributed by atoms with van der Waals surface area (Å²) < 4.78 is 6.24. The van der Waals surface area contributed by atoms with Gasteiger partial charge in [0.05, 0.1) is 18.3 Å². The lowest BCUT2D eigenvalue weighted by molar-refractivity contribution is -0.126. The Balaban J connectivity index is 1.53. The number of hydrazone groups is 1. The van der Waals surface area contributed by atoms with Gasteiger partial charge in [0.15, 0.2) is 0 Å². The maximum absolute atomic E-state index is 12.2. The Morgan fingerprint density at radius 1 is 0.789 bits per heavy atom. The normalized spacial score (nSPS) is 10.9. The Morgan fingerprint density at radius 2 is 1.37 bits per heavy atom. The van der Waals surface area contributed by atoms with Crippen LogP contribution in [0.3, 0.4) is 0 Å². The average molecular weight is 587 g/mol. The van der Waals surface area contributed by atoms with Gasteiger partial charge in [-0.15, -0.1) is 0 Å². The number of hydrogen-bond donors (Lipinski definition) is 2. The first-order valence-electron chi connectivity index (χ1n) is 13.6. The number of benzene rings is 2. The lowest BCUT2D eigenvalue weighted by Gasteiger charge is -2.05. The molecule has 0 heterocycles. The minimum Gasteiger partial charge on any atom is -0.423 e. The second-order valence-corrected chi connectivity index (χ2v) is 10.2. The van der Waals surface area contributed by atoms with Gasteiger partial charge in [0.2, 0.25) is 5.91 Å². The van der Waals surface area contributed by atoms with E-state index in [1.165, 1.54) is 57.6 Å².